The van der Waals surface area contributed by atoms with Crippen LogP contribution in [0.15, 0.2) is 23.6 Å². The third kappa shape index (κ3) is 3.78. The van der Waals surface area contributed by atoms with Crippen LogP contribution >= 0.6 is 22.9 Å². The molecule has 1 fully saturated rings. The Hall–Kier alpha value is -2.25. The van der Waals surface area contributed by atoms with Crippen LogP contribution < -0.4 is 20.1 Å². The topological polar surface area (TPSA) is 76.7 Å². The van der Waals surface area contributed by atoms with Gasteiger partial charge in [-0.1, -0.05) is 11.6 Å². The summed E-state index contributed by atoms with van der Waals surface area (Å²) in [6.07, 6.45) is 2.16. The van der Waals surface area contributed by atoms with Crippen LogP contribution in [0.25, 0.3) is 0 Å². The monoisotopic (exact) mass is 392 g/mol. The molecule has 4 rings (SSSR count). The third-order valence-electron chi connectivity index (χ3n) is 4.10. The number of carbonyl (C=O) groups is 2. The minimum absolute atomic E-state index is 0.123. The fraction of sp³-hybridized carbons (Fsp3) is 0.333. The Morgan fingerprint density at radius 3 is 2.85 bits per heavy atom. The van der Waals surface area contributed by atoms with E-state index in [1.807, 2.05) is 0 Å². The molecule has 1 saturated carbocycles. The van der Waals surface area contributed by atoms with Crippen molar-refractivity contribution in [1.29, 1.82) is 0 Å². The van der Waals surface area contributed by atoms with Crippen molar-refractivity contribution in [3.05, 3.63) is 39.7 Å². The van der Waals surface area contributed by atoms with E-state index in [1.54, 1.807) is 23.6 Å². The zero-order valence-electron chi connectivity index (χ0n) is 13.8. The Labute approximate surface area is 159 Å². The Kier molecular flexibility index (Phi) is 4.74. The van der Waals surface area contributed by atoms with E-state index in [1.165, 1.54) is 11.3 Å². The molecule has 2 heterocycles. The second kappa shape index (κ2) is 7.17. The second-order valence-electron chi connectivity index (χ2n) is 6.24. The third-order valence-corrected chi connectivity index (χ3v) is 5.21. The Balaban J connectivity index is 1.44. The van der Waals surface area contributed by atoms with Crippen molar-refractivity contribution in [3.63, 3.8) is 0 Å². The number of benzene rings is 1. The van der Waals surface area contributed by atoms with Crippen LogP contribution in [0.2, 0.25) is 5.02 Å². The predicted octanol–water partition coefficient (Wildman–Crippen LogP) is 3.25. The SMILES string of the molecule is O=C(Cc1cc(Cl)c2c(c1)OCCO2)Nc1sccc1C(=O)NC1CC1. The molecule has 136 valence electrons. The molecule has 1 aliphatic carbocycles. The van der Waals surface area contributed by atoms with E-state index in [9.17, 15) is 9.59 Å². The number of fused-ring (bicyclic) bond motifs is 1. The molecule has 0 radical (unpaired) electrons. The van der Waals surface area contributed by atoms with Crippen molar-refractivity contribution < 1.29 is 19.1 Å². The van der Waals surface area contributed by atoms with Crippen molar-refractivity contribution in [3.8, 4) is 11.5 Å². The van der Waals surface area contributed by atoms with Gasteiger partial charge in [0.2, 0.25) is 5.91 Å². The number of amides is 2. The van der Waals surface area contributed by atoms with Crippen LogP contribution in [0.4, 0.5) is 5.00 Å². The van der Waals surface area contributed by atoms with E-state index in [-0.39, 0.29) is 24.3 Å². The highest BCUT2D eigenvalue weighted by molar-refractivity contribution is 7.14. The van der Waals surface area contributed by atoms with Gasteiger partial charge in [0.05, 0.1) is 17.0 Å². The van der Waals surface area contributed by atoms with Gasteiger partial charge >= 0.3 is 0 Å². The van der Waals surface area contributed by atoms with Crippen molar-refractivity contribution in [2.24, 2.45) is 0 Å². The maximum absolute atomic E-state index is 12.4. The van der Waals surface area contributed by atoms with Gasteiger partial charge in [-0.25, -0.2) is 0 Å². The molecule has 2 aromatic rings. The average molecular weight is 393 g/mol. The smallest absolute Gasteiger partial charge is 0.254 e. The molecule has 0 atom stereocenters. The number of hydrogen-bond donors (Lipinski definition) is 2. The summed E-state index contributed by atoms with van der Waals surface area (Å²) in [4.78, 5) is 24.6. The normalized spacial score (nSPS) is 15.4. The average Bonchev–Trinajstić information content (AvgIpc) is 3.30. The summed E-state index contributed by atoms with van der Waals surface area (Å²) in [5, 5.41) is 8.51. The van der Waals surface area contributed by atoms with Gasteiger partial charge in [-0.05, 0) is 42.0 Å². The summed E-state index contributed by atoms with van der Waals surface area (Å²) >= 11 is 7.53. The summed E-state index contributed by atoms with van der Waals surface area (Å²) in [5.74, 6) is 0.693. The maximum Gasteiger partial charge on any atom is 0.254 e. The number of halogens is 1. The molecule has 6 nitrogen and oxygen atoms in total. The summed E-state index contributed by atoms with van der Waals surface area (Å²) < 4.78 is 11.0. The van der Waals surface area contributed by atoms with Gasteiger partial charge in [-0.15, -0.1) is 11.3 Å². The molecule has 0 saturated heterocycles. The first-order chi connectivity index (χ1) is 12.6. The molecule has 1 aromatic carbocycles. The number of ether oxygens (including phenoxy) is 2. The first-order valence-corrected chi connectivity index (χ1v) is 9.62. The Bertz CT molecular complexity index is 863. The van der Waals surface area contributed by atoms with Crippen molar-refractivity contribution in [2.75, 3.05) is 18.5 Å². The number of hydrogen-bond acceptors (Lipinski definition) is 5. The van der Waals surface area contributed by atoms with Crippen molar-refractivity contribution in [1.82, 2.24) is 5.32 Å². The van der Waals surface area contributed by atoms with E-state index in [2.05, 4.69) is 10.6 Å². The number of carbonyl (C=O) groups excluding carboxylic acids is 2. The van der Waals surface area contributed by atoms with Crippen LogP contribution in [0.3, 0.4) is 0 Å². The van der Waals surface area contributed by atoms with Gasteiger partial charge in [-0.3, -0.25) is 9.59 Å². The van der Waals surface area contributed by atoms with Gasteiger partial charge in [0.25, 0.3) is 5.91 Å². The van der Waals surface area contributed by atoms with Gasteiger partial charge in [-0.2, -0.15) is 0 Å². The van der Waals surface area contributed by atoms with Crippen LogP contribution in [0, 0.1) is 0 Å². The maximum atomic E-state index is 12.4. The lowest BCUT2D eigenvalue weighted by Crippen LogP contribution is -2.26. The van der Waals surface area contributed by atoms with Gasteiger partial charge in [0.1, 0.15) is 18.2 Å². The van der Waals surface area contributed by atoms with Gasteiger partial charge in [0.15, 0.2) is 11.5 Å². The predicted molar refractivity (Wildman–Crippen MR) is 99.6 cm³/mol. The second-order valence-corrected chi connectivity index (χ2v) is 7.56. The van der Waals surface area contributed by atoms with E-state index in [4.69, 9.17) is 21.1 Å². The van der Waals surface area contributed by atoms with Crippen LogP contribution in [-0.4, -0.2) is 31.1 Å². The summed E-state index contributed by atoms with van der Waals surface area (Å²) in [6, 6.07) is 5.45. The molecular formula is C18H17ClN2O4S. The highest BCUT2D eigenvalue weighted by Gasteiger charge is 2.25. The standard InChI is InChI=1S/C18H17ClN2O4S/c19-13-7-10(8-14-16(13)25-5-4-24-14)9-15(22)21-18-12(3-6-26-18)17(23)20-11-1-2-11/h3,6-8,11H,1-2,4-5,9H2,(H,20,23)(H,21,22). The zero-order chi connectivity index (χ0) is 18.1. The van der Waals surface area contributed by atoms with Gasteiger partial charge in [0, 0.05) is 6.04 Å². The first kappa shape index (κ1) is 17.2. The molecule has 0 bridgehead atoms. The largest absolute Gasteiger partial charge is 0.486 e. The molecule has 2 N–H and O–H groups in total. The summed E-state index contributed by atoms with van der Waals surface area (Å²) in [5.41, 5.74) is 1.22. The van der Waals surface area contributed by atoms with Crippen molar-refractivity contribution >= 4 is 39.8 Å². The molecule has 0 spiro atoms. The number of thiophene rings is 1. The Morgan fingerprint density at radius 2 is 2.04 bits per heavy atom. The van der Waals surface area contributed by atoms with Gasteiger partial charge < -0.3 is 20.1 Å². The van der Waals surface area contributed by atoms with E-state index >= 15 is 0 Å². The molecule has 8 heteroatoms. The van der Waals surface area contributed by atoms with E-state index in [0.29, 0.717) is 40.3 Å². The van der Waals surface area contributed by atoms with Crippen molar-refractivity contribution in [2.45, 2.75) is 25.3 Å². The van der Waals surface area contributed by atoms with E-state index in [0.717, 1.165) is 18.4 Å². The quantitative estimate of drug-likeness (QED) is 0.818. The minimum atomic E-state index is -0.222. The highest BCUT2D eigenvalue weighted by atomic mass is 35.5. The molecular weight excluding hydrogens is 376 g/mol. The zero-order valence-corrected chi connectivity index (χ0v) is 15.4. The Morgan fingerprint density at radius 1 is 1.23 bits per heavy atom. The highest BCUT2D eigenvalue weighted by Crippen LogP contribution is 2.38. The molecule has 0 unspecified atom stereocenters. The minimum Gasteiger partial charge on any atom is -0.486 e. The van der Waals surface area contributed by atoms with E-state index < -0.39 is 0 Å². The van der Waals surface area contributed by atoms with Crippen LogP contribution in [0.1, 0.15) is 28.8 Å². The molecule has 2 amide bonds. The molecule has 1 aromatic heterocycles. The lowest BCUT2D eigenvalue weighted by atomic mass is 10.1. The fourth-order valence-electron chi connectivity index (χ4n) is 2.70. The fourth-order valence-corrected chi connectivity index (χ4v) is 3.79. The summed E-state index contributed by atoms with van der Waals surface area (Å²) in [6.45, 7) is 0.907. The van der Waals surface area contributed by atoms with Crippen LogP contribution in [-0.2, 0) is 11.2 Å². The number of rotatable bonds is 5. The molecule has 1 aliphatic heterocycles. The number of anilines is 1. The lowest BCUT2D eigenvalue weighted by molar-refractivity contribution is -0.115. The molecule has 26 heavy (non-hydrogen) atoms. The van der Waals surface area contributed by atoms with Crippen LogP contribution in [0.5, 0.6) is 11.5 Å². The number of nitrogens with one attached hydrogen (secondary N) is 2. The lowest BCUT2D eigenvalue weighted by Gasteiger charge is -2.20. The summed E-state index contributed by atoms with van der Waals surface area (Å²) in [7, 11) is 0. The first-order valence-electron chi connectivity index (χ1n) is 8.36. The molecule has 2 aliphatic rings.